The highest BCUT2D eigenvalue weighted by Gasteiger charge is 2.30. The van der Waals surface area contributed by atoms with Crippen molar-refractivity contribution in [2.45, 2.75) is 25.4 Å². The van der Waals surface area contributed by atoms with Crippen molar-refractivity contribution < 1.29 is 13.2 Å². The van der Waals surface area contributed by atoms with Gasteiger partial charge in [0.05, 0.1) is 5.56 Å². The lowest BCUT2D eigenvalue weighted by Crippen LogP contribution is -2.30. The summed E-state index contributed by atoms with van der Waals surface area (Å²) in [6.07, 6.45) is -1.29. The van der Waals surface area contributed by atoms with Crippen LogP contribution >= 0.6 is 0 Å². The van der Waals surface area contributed by atoms with Crippen LogP contribution in [0.5, 0.6) is 0 Å². The zero-order valence-corrected chi connectivity index (χ0v) is 9.56. The first kappa shape index (κ1) is 12.4. The van der Waals surface area contributed by atoms with Crippen molar-refractivity contribution in [3.05, 3.63) is 35.4 Å². The van der Waals surface area contributed by atoms with Crippen LogP contribution in [0.1, 0.15) is 24.0 Å². The number of nitrogens with one attached hydrogen (secondary N) is 1. The number of alkyl halides is 3. The summed E-state index contributed by atoms with van der Waals surface area (Å²) < 4.78 is 37.6. The summed E-state index contributed by atoms with van der Waals surface area (Å²) in [6.45, 7) is 1.94. The van der Waals surface area contributed by atoms with E-state index in [2.05, 4.69) is 5.32 Å². The molecule has 0 aliphatic carbocycles. The van der Waals surface area contributed by atoms with Gasteiger partial charge in [0, 0.05) is 0 Å². The molecule has 2 rings (SSSR count). The number of hydrogen-bond donors (Lipinski definition) is 1. The largest absolute Gasteiger partial charge is 0.416 e. The van der Waals surface area contributed by atoms with Gasteiger partial charge in [-0.05, 0) is 49.9 Å². The van der Waals surface area contributed by atoms with Crippen molar-refractivity contribution in [1.29, 1.82) is 0 Å². The van der Waals surface area contributed by atoms with Crippen LogP contribution < -0.4 is 5.32 Å². The van der Waals surface area contributed by atoms with E-state index in [0.717, 1.165) is 44.0 Å². The number of benzene rings is 1. The molecule has 1 heterocycles. The standard InChI is InChI=1S/C13H16F3N/c14-13(15,16)12-5-1-3-10(8-12)7-11-4-2-6-17-9-11/h1,3,5,8,11,17H,2,4,6-7,9H2/t11-/m0/s1. The Morgan fingerprint density at radius 2 is 2.12 bits per heavy atom. The predicted octanol–water partition coefficient (Wildman–Crippen LogP) is 3.25. The Balaban J connectivity index is 2.05. The molecule has 1 aromatic rings. The summed E-state index contributed by atoms with van der Waals surface area (Å²) in [4.78, 5) is 0. The molecule has 1 aromatic carbocycles. The topological polar surface area (TPSA) is 12.0 Å². The Hall–Kier alpha value is -1.03. The Labute approximate surface area is 99.0 Å². The Morgan fingerprint density at radius 3 is 2.76 bits per heavy atom. The molecule has 0 spiro atoms. The molecular weight excluding hydrogens is 227 g/mol. The molecule has 0 bridgehead atoms. The van der Waals surface area contributed by atoms with Gasteiger partial charge >= 0.3 is 6.18 Å². The van der Waals surface area contributed by atoms with Crippen molar-refractivity contribution in [2.24, 2.45) is 5.92 Å². The van der Waals surface area contributed by atoms with Crippen LogP contribution in [0, 0.1) is 5.92 Å². The van der Waals surface area contributed by atoms with Crippen LogP contribution in [0.15, 0.2) is 24.3 Å². The second-order valence-corrected chi connectivity index (χ2v) is 4.61. The summed E-state index contributed by atoms with van der Waals surface area (Å²) in [6, 6.07) is 5.68. The lowest BCUT2D eigenvalue weighted by Gasteiger charge is -2.23. The van der Waals surface area contributed by atoms with Crippen LogP contribution in [0.2, 0.25) is 0 Å². The predicted molar refractivity (Wildman–Crippen MR) is 60.7 cm³/mol. The van der Waals surface area contributed by atoms with E-state index >= 15 is 0 Å². The fraction of sp³-hybridized carbons (Fsp3) is 0.538. The maximum atomic E-state index is 12.5. The van der Waals surface area contributed by atoms with Gasteiger partial charge in [0.25, 0.3) is 0 Å². The normalized spacial score (nSPS) is 21.5. The molecule has 0 saturated carbocycles. The maximum Gasteiger partial charge on any atom is 0.416 e. The van der Waals surface area contributed by atoms with Crippen molar-refractivity contribution in [2.75, 3.05) is 13.1 Å². The second kappa shape index (κ2) is 5.08. The van der Waals surface area contributed by atoms with Gasteiger partial charge in [-0.1, -0.05) is 18.2 Å². The molecule has 1 aliphatic rings. The van der Waals surface area contributed by atoms with Gasteiger partial charge in [-0.15, -0.1) is 0 Å². The summed E-state index contributed by atoms with van der Waals surface area (Å²) in [7, 11) is 0. The molecule has 0 amide bonds. The van der Waals surface area contributed by atoms with Crippen molar-refractivity contribution in [3.8, 4) is 0 Å². The maximum absolute atomic E-state index is 12.5. The zero-order valence-electron chi connectivity index (χ0n) is 9.56. The van der Waals surface area contributed by atoms with Crippen molar-refractivity contribution in [1.82, 2.24) is 5.32 Å². The summed E-state index contributed by atoms with van der Waals surface area (Å²) in [5.74, 6) is 0.465. The van der Waals surface area contributed by atoms with E-state index < -0.39 is 11.7 Å². The van der Waals surface area contributed by atoms with Gasteiger partial charge in [-0.2, -0.15) is 13.2 Å². The molecule has 1 nitrogen and oxygen atoms in total. The van der Waals surface area contributed by atoms with E-state index in [4.69, 9.17) is 0 Å². The molecule has 0 radical (unpaired) electrons. The van der Waals surface area contributed by atoms with Crippen LogP contribution in [-0.4, -0.2) is 13.1 Å². The van der Waals surface area contributed by atoms with Gasteiger partial charge in [0.15, 0.2) is 0 Å². The number of hydrogen-bond acceptors (Lipinski definition) is 1. The molecule has 1 N–H and O–H groups in total. The summed E-state index contributed by atoms with van der Waals surface area (Å²) in [5.41, 5.74) is 0.243. The van der Waals surface area contributed by atoms with Gasteiger partial charge < -0.3 is 5.32 Å². The van der Waals surface area contributed by atoms with Gasteiger partial charge in [-0.3, -0.25) is 0 Å². The smallest absolute Gasteiger partial charge is 0.316 e. The molecule has 1 saturated heterocycles. The minimum Gasteiger partial charge on any atom is -0.316 e. The third-order valence-corrected chi connectivity index (χ3v) is 3.18. The van der Waals surface area contributed by atoms with E-state index in [1.54, 1.807) is 6.07 Å². The molecule has 0 aromatic heterocycles. The van der Waals surface area contributed by atoms with Crippen LogP contribution in [0.25, 0.3) is 0 Å². The lowest BCUT2D eigenvalue weighted by molar-refractivity contribution is -0.137. The van der Waals surface area contributed by atoms with Gasteiger partial charge in [0.1, 0.15) is 0 Å². The lowest BCUT2D eigenvalue weighted by atomic mass is 9.92. The molecule has 1 atom stereocenters. The van der Waals surface area contributed by atoms with Crippen LogP contribution in [0.4, 0.5) is 13.2 Å². The minimum absolute atomic E-state index is 0.465. The number of piperidine rings is 1. The van der Waals surface area contributed by atoms with Crippen LogP contribution in [0.3, 0.4) is 0 Å². The third-order valence-electron chi connectivity index (χ3n) is 3.18. The van der Waals surface area contributed by atoms with E-state index in [9.17, 15) is 13.2 Å². The highest BCUT2D eigenvalue weighted by molar-refractivity contribution is 5.26. The average molecular weight is 243 g/mol. The number of halogens is 3. The Bertz CT molecular complexity index is 367. The molecule has 17 heavy (non-hydrogen) atoms. The number of rotatable bonds is 2. The fourth-order valence-electron chi connectivity index (χ4n) is 2.31. The monoisotopic (exact) mass is 243 g/mol. The van der Waals surface area contributed by atoms with Gasteiger partial charge in [0.2, 0.25) is 0 Å². The van der Waals surface area contributed by atoms with Crippen molar-refractivity contribution >= 4 is 0 Å². The first-order valence-electron chi connectivity index (χ1n) is 5.92. The van der Waals surface area contributed by atoms with E-state index in [0.29, 0.717) is 5.92 Å². The minimum atomic E-state index is -4.24. The molecular formula is C13H16F3N. The summed E-state index contributed by atoms with van der Waals surface area (Å²) >= 11 is 0. The molecule has 1 fully saturated rings. The van der Waals surface area contributed by atoms with Gasteiger partial charge in [-0.25, -0.2) is 0 Å². The first-order chi connectivity index (χ1) is 8.05. The SMILES string of the molecule is FC(F)(F)c1cccc(C[C@@H]2CCCNC2)c1. The highest BCUT2D eigenvalue weighted by Crippen LogP contribution is 2.30. The van der Waals surface area contributed by atoms with Crippen molar-refractivity contribution in [3.63, 3.8) is 0 Å². The Kier molecular flexibility index (Phi) is 3.72. The molecule has 94 valence electrons. The quantitative estimate of drug-likeness (QED) is 0.840. The molecule has 0 unspecified atom stereocenters. The van der Waals surface area contributed by atoms with E-state index in [-0.39, 0.29) is 0 Å². The van der Waals surface area contributed by atoms with Crippen LogP contribution in [-0.2, 0) is 12.6 Å². The Morgan fingerprint density at radius 1 is 1.29 bits per heavy atom. The second-order valence-electron chi connectivity index (χ2n) is 4.61. The molecule has 4 heteroatoms. The summed E-state index contributed by atoms with van der Waals surface area (Å²) in [5, 5.41) is 3.28. The molecule has 1 aliphatic heterocycles. The highest BCUT2D eigenvalue weighted by atomic mass is 19.4. The van der Waals surface area contributed by atoms with E-state index in [1.165, 1.54) is 12.1 Å². The zero-order chi connectivity index (χ0) is 12.3. The third kappa shape index (κ3) is 3.46. The average Bonchev–Trinajstić information content (AvgIpc) is 2.29. The first-order valence-corrected chi connectivity index (χ1v) is 5.92. The van der Waals surface area contributed by atoms with E-state index in [1.807, 2.05) is 0 Å². The fourth-order valence-corrected chi connectivity index (χ4v) is 2.31.